The fraction of sp³-hybridized carbons (Fsp3) is 0.200. The first-order valence-corrected chi connectivity index (χ1v) is 9.86. The van der Waals surface area contributed by atoms with E-state index in [1.807, 2.05) is 30.3 Å². The molecule has 0 aliphatic rings. The van der Waals surface area contributed by atoms with E-state index in [-0.39, 0.29) is 17.6 Å². The molecule has 0 aliphatic heterocycles. The highest BCUT2D eigenvalue weighted by molar-refractivity contribution is 7.99. The van der Waals surface area contributed by atoms with Gasteiger partial charge in [0.15, 0.2) is 11.0 Å². The van der Waals surface area contributed by atoms with Crippen LogP contribution in [0, 0.1) is 5.82 Å². The molecule has 9 heteroatoms. The van der Waals surface area contributed by atoms with E-state index in [2.05, 4.69) is 20.8 Å². The highest BCUT2D eigenvalue weighted by Crippen LogP contribution is 2.20. The summed E-state index contributed by atoms with van der Waals surface area (Å²) in [6.07, 6.45) is 0. The van der Waals surface area contributed by atoms with Crippen molar-refractivity contribution in [2.75, 3.05) is 11.1 Å². The molecule has 2 N–H and O–H groups in total. The molecular formula is C20H20FN5O2S. The van der Waals surface area contributed by atoms with Crippen molar-refractivity contribution in [3.8, 4) is 0 Å². The van der Waals surface area contributed by atoms with Gasteiger partial charge in [-0.15, -0.1) is 10.2 Å². The minimum atomic E-state index is -0.419. The average Bonchev–Trinajstić information content (AvgIpc) is 3.08. The second kappa shape index (κ2) is 9.33. The molecule has 1 heterocycles. The number of hydrogen-bond donors (Lipinski definition) is 2. The quantitative estimate of drug-likeness (QED) is 0.581. The predicted octanol–water partition coefficient (Wildman–Crippen LogP) is 3.18. The number of aromatic nitrogens is 3. The summed E-state index contributed by atoms with van der Waals surface area (Å²) < 4.78 is 14.7. The number of nitrogens with zero attached hydrogens (tertiary/aromatic N) is 3. The number of hydrogen-bond acceptors (Lipinski definition) is 5. The van der Waals surface area contributed by atoms with Crippen LogP contribution in [0.25, 0.3) is 0 Å². The lowest BCUT2D eigenvalue weighted by Gasteiger charge is -2.13. The SMILES string of the molecule is C[C@@H](NC(=O)c1ccc(F)cc1)c1nnc(SCC(=O)Nc2ccccc2)n1C. The molecule has 0 saturated heterocycles. The molecule has 3 aromatic rings. The largest absolute Gasteiger partial charge is 0.342 e. The maximum Gasteiger partial charge on any atom is 0.251 e. The lowest BCUT2D eigenvalue weighted by molar-refractivity contribution is -0.113. The van der Waals surface area contributed by atoms with Gasteiger partial charge in [0.2, 0.25) is 5.91 Å². The molecule has 1 atom stereocenters. The van der Waals surface area contributed by atoms with Crippen molar-refractivity contribution in [2.24, 2.45) is 7.05 Å². The average molecular weight is 413 g/mol. The van der Waals surface area contributed by atoms with E-state index in [0.29, 0.717) is 16.5 Å². The number of nitrogens with one attached hydrogen (secondary N) is 2. The van der Waals surface area contributed by atoms with Gasteiger partial charge in [0.1, 0.15) is 5.82 Å². The lowest BCUT2D eigenvalue weighted by Crippen LogP contribution is -2.28. The molecule has 0 unspecified atom stereocenters. The van der Waals surface area contributed by atoms with Gasteiger partial charge in [0, 0.05) is 18.3 Å². The third-order valence-electron chi connectivity index (χ3n) is 4.10. The highest BCUT2D eigenvalue weighted by Gasteiger charge is 2.19. The Morgan fingerprint density at radius 2 is 1.79 bits per heavy atom. The zero-order valence-corrected chi connectivity index (χ0v) is 16.7. The number of benzene rings is 2. The number of anilines is 1. The van der Waals surface area contributed by atoms with Crippen LogP contribution >= 0.6 is 11.8 Å². The Morgan fingerprint density at radius 3 is 2.48 bits per heavy atom. The molecule has 0 fully saturated rings. The monoisotopic (exact) mass is 413 g/mol. The van der Waals surface area contributed by atoms with Gasteiger partial charge in [-0.2, -0.15) is 0 Å². The third-order valence-corrected chi connectivity index (χ3v) is 5.12. The standard InChI is InChI=1S/C20H20FN5O2S/c1-13(22-19(28)14-8-10-15(21)11-9-14)18-24-25-20(26(18)2)29-12-17(27)23-16-6-4-3-5-7-16/h3-11,13H,12H2,1-2H3,(H,22,28)(H,23,27)/t13-/m1/s1. The zero-order valence-electron chi connectivity index (χ0n) is 15.9. The van der Waals surface area contributed by atoms with Crippen molar-refractivity contribution in [1.29, 1.82) is 0 Å². The second-order valence-corrected chi connectivity index (χ2v) is 7.25. The van der Waals surface area contributed by atoms with E-state index >= 15 is 0 Å². The van der Waals surface area contributed by atoms with Crippen LogP contribution in [0.15, 0.2) is 59.8 Å². The summed E-state index contributed by atoms with van der Waals surface area (Å²) in [5, 5.41) is 14.4. The van der Waals surface area contributed by atoms with Crippen molar-refractivity contribution in [3.05, 3.63) is 71.8 Å². The van der Waals surface area contributed by atoms with Crippen LogP contribution in [0.2, 0.25) is 0 Å². The van der Waals surface area contributed by atoms with Gasteiger partial charge in [-0.3, -0.25) is 9.59 Å². The fourth-order valence-corrected chi connectivity index (χ4v) is 3.34. The van der Waals surface area contributed by atoms with Crippen molar-refractivity contribution < 1.29 is 14.0 Å². The minimum absolute atomic E-state index is 0.150. The Bertz CT molecular complexity index is 992. The van der Waals surface area contributed by atoms with Gasteiger partial charge >= 0.3 is 0 Å². The zero-order chi connectivity index (χ0) is 20.8. The smallest absolute Gasteiger partial charge is 0.251 e. The molecule has 0 radical (unpaired) electrons. The number of rotatable bonds is 7. The summed E-state index contributed by atoms with van der Waals surface area (Å²) in [4.78, 5) is 24.4. The van der Waals surface area contributed by atoms with Crippen molar-refractivity contribution >= 4 is 29.3 Å². The topological polar surface area (TPSA) is 88.9 Å². The summed E-state index contributed by atoms with van der Waals surface area (Å²) in [7, 11) is 1.77. The van der Waals surface area contributed by atoms with Crippen molar-refractivity contribution in [1.82, 2.24) is 20.1 Å². The molecule has 0 saturated carbocycles. The molecule has 0 bridgehead atoms. The normalized spacial score (nSPS) is 11.7. The number of para-hydroxylation sites is 1. The van der Waals surface area contributed by atoms with Gasteiger partial charge in [-0.25, -0.2) is 4.39 Å². The fourth-order valence-electron chi connectivity index (χ4n) is 2.62. The number of thioether (sulfide) groups is 1. The first-order chi connectivity index (χ1) is 13.9. The Labute approximate surface area is 171 Å². The molecule has 29 heavy (non-hydrogen) atoms. The molecule has 7 nitrogen and oxygen atoms in total. The number of amides is 2. The summed E-state index contributed by atoms with van der Waals surface area (Å²) in [5.74, 6) is -0.162. The first kappa shape index (κ1) is 20.5. The Kier molecular flexibility index (Phi) is 6.61. The van der Waals surface area contributed by atoms with Gasteiger partial charge in [-0.1, -0.05) is 30.0 Å². The number of halogens is 1. The second-order valence-electron chi connectivity index (χ2n) is 6.30. The molecule has 2 aromatic carbocycles. The van der Waals surface area contributed by atoms with Crippen LogP contribution in [0.1, 0.15) is 29.1 Å². The molecular weight excluding hydrogens is 393 g/mol. The Balaban J connectivity index is 1.57. The van der Waals surface area contributed by atoms with Crippen LogP contribution in [0.5, 0.6) is 0 Å². The Morgan fingerprint density at radius 1 is 1.10 bits per heavy atom. The van der Waals surface area contributed by atoms with Gasteiger partial charge in [0.05, 0.1) is 11.8 Å². The van der Waals surface area contributed by atoms with Crippen LogP contribution in [-0.4, -0.2) is 32.3 Å². The molecule has 3 rings (SSSR count). The first-order valence-electron chi connectivity index (χ1n) is 8.87. The predicted molar refractivity (Wildman–Crippen MR) is 109 cm³/mol. The molecule has 0 spiro atoms. The number of carbonyl (C=O) groups is 2. The summed E-state index contributed by atoms with van der Waals surface area (Å²) in [6.45, 7) is 1.78. The maximum absolute atomic E-state index is 13.0. The van der Waals surface area contributed by atoms with Crippen molar-refractivity contribution in [2.45, 2.75) is 18.1 Å². The van der Waals surface area contributed by atoms with E-state index < -0.39 is 11.9 Å². The molecule has 2 amide bonds. The van der Waals surface area contributed by atoms with Crippen LogP contribution < -0.4 is 10.6 Å². The summed E-state index contributed by atoms with van der Waals surface area (Å²) in [5.41, 5.74) is 1.08. The summed E-state index contributed by atoms with van der Waals surface area (Å²) >= 11 is 1.25. The van der Waals surface area contributed by atoms with E-state index in [0.717, 1.165) is 5.69 Å². The molecule has 150 valence electrons. The molecule has 0 aliphatic carbocycles. The minimum Gasteiger partial charge on any atom is -0.342 e. The van der Waals surface area contributed by atoms with Gasteiger partial charge in [0.25, 0.3) is 5.91 Å². The van der Waals surface area contributed by atoms with Crippen LogP contribution in [-0.2, 0) is 11.8 Å². The van der Waals surface area contributed by atoms with Gasteiger partial charge < -0.3 is 15.2 Å². The highest BCUT2D eigenvalue weighted by atomic mass is 32.2. The van der Waals surface area contributed by atoms with Crippen LogP contribution in [0.3, 0.4) is 0 Å². The lowest BCUT2D eigenvalue weighted by atomic mass is 10.2. The molecule has 1 aromatic heterocycles. The van der Waals surface area contributed by atoms with E-state index in [1.54, 1.807) is 18.5 Å². The third kappa shape index (κ3) is 5.41. The number of carbonyl (C=O) groups excluding carboxylic acids is 2. The van der Waals surface area contributed by atoms with Gasteiger partial charge in [-0.05, 0) is 43.3 Å². The van der Waals surface area contributed by atoms with Crippen molar-refractivity contribution in [3.63, 3.8) is 0 Å². The van der Waals surface area contributed by atoms with E-state index in [9.17, 15) is 14.0 Å². The summed E-state index contributed by atoms with van der Waals surface area (Å²) in [6, 6.07) is 14.1. The maximum atomic E-state index is 13.0. The van der Waals surface area contributed by atoms with E-state index in [1.165, 1.54) is 36.0 Å². The Hall–Kier alpha value is -3.20. The van der Waals surface area contributed by atoms with Crippen LogP contribution in [0.4, 0.5) is 10.1 Å². The van der Waals surface area contributed by atoms with E-state index in [4.69, 9.17) is 0 Å².